The molecule has 0 unspecified atom stereocenters. The fraction of sp³-hybridized carbons (Fsp3) is 0.450. The molecule has 1 aliphatic carbocycles. The fourth-order valence-corrected chi connectivity index (χ4v) is 8.54. The molecule has 1 amide bonds. The molecule has 1 aromatic heterocycles. The lowest BCUT2D eigenvalue weighted by Crippen LogP contribution is -2.46. The minimum Gasteiger partial charge on any atom is -0.491 e. The fourth-order valence-electron chi connectivity index (χ4n) is 8.54. The lowest BCUT2D eigenvalue weighted by molar-refractivity contribution is -0.117. The molecule has 256 valence electrons. The van der Waals surface area contributed by atoms with Crippen LogP contribution >= 0.6 is 0 Å². The van der Waals surface area contributed by atoms with Gasteiger partial charge in [0.25, 0.3) is 0 Å². The Morgan fingerprint density at radius 3 is 2.51 bits per heavy atom. The lowest BCUT2D eigenvalue weighted by atomic mass is 9.81. The number of piperazine rings is 1. The van der Waals surface area contributed by atoms with E-state index in [1.807, 2.05) is 29.2 Å². The molecule has 49 heavy (non-hydrogen) atoms. The van der Waals surface area contributed by atoms with Gasteiger partial charge in [-0.15, -0.1) is 0 Å². The van der Waals surface area contributed by atoms with Gasteiger partial charge < -0.3 is 33.8 Å². The van der Waals surface area contributed by atoms with Gasteiger partial charge in [0, 0.05) is 78.6 Å². The van der Waals surface area contributed by atoms with Gasteiger partial charge in [0.2, 0.25) is 5.91 Å². The molecule has 1 saturated carbocycles. The number of carbonyl (C=O) groups is 2. The zero-order valence-electron chi connectivity index (χ0n) is 28.5. The summed E-state index contributed by atoms with van der Waals surface area (Å²) in [6, 6.07) is 18.2. The number of carbonyl (C=O) groups excluding carboxylic acids is 1. The van der Waals surface area contributed by atoms with Crippen molar-refractivity contribution in [3.8, 4) is 22.8 Å². The number of anilines is 2. The largest absolute Gasteiger partial charge is 0.491 e. The van der Waals surface area contributed by atoms with E-state index in [0.717, 1.165) is 103 Å². The SMILES string of the molecule is CCN1CCN(c2ccc(N3CCCC3=O)cc2COc2ccc3c(c2)OCCn2c-3c(C3CCCCC3)c3ccc(C(=O)O)cc32)CC1. The van der Waals surface area contributed by atoms with Gasteiger partial charge in [0.1, 0.15) is 24.7 Å². The number of rotatable bonds is 8. The number of carboxylic acids is 1. The predicted molar refractivity (Wildman–Crippen MR) is 192 cm³/mol. The third-order valence-corrected chi connectivity index (χ3v) is 11.1. The van der Waals surface area contributed by atoms with Gasteiger partial charge in [0.15, 0.2) is 0 Å². The molecule has 0 bridgehead atoms. The topological polar surface area (TPSA) is 87.5 Å². The highest BCUT2D eigenvalue weighted by Crippen LogP contribution is 2.48. The number of aromatic carboxylic acids is 1. The van der Waals surface area contributed by atoms with Crippen LogP contribution in [0, 0.1) is 0 Å². The van der Waals surface area contributed by atoms with Crippen LogP contribution in [0.3, 0.4) is 0 Å². The van der Waals surface area contributed by atoms with Crippen molar-refractivity contribution < 1.29 is 24.2 Å². The van der Waals surface area contributed by atoms with Crippen LogP contribution < -0.4 is 19.3 Å². The molecule has 3 aliphatic heterocycles. The first-order chi connectivity index (χ1) is 24.0. The number of likely N-dealkylation sites (N-methyl/N-ethyl adjacent to an activating group) is 1. The van der Waals surface area contributed by atoms with Crippen molar-refractivity contribution in [2.75, 3.05) is 55.7 Å². The molecule has 9 nitrogen and oxygen atoms in total. The summed E-state index contributed by atoms with van der Waals surface area (Å²) in [5.41, 5.74) is 7.97. The predicted octanol–water partition coefficient (Wildman–Crippen LogP) is 7.29. The van der Waals surface area contributed by atoms with Crippen LogP contribution in [-0.2, 0) is 17.9 Å². The first kappa shape index (κ1) is 31.7. The Morgan fingerprint density at radius 2 is 1.76 bits per heavy atom. The molecule has 3 fully saturated rings. The van der Waals surface area contributed by atoms with Gasteiger partial charge in [-0.25, -0.2) is 4.79 Å². The summed E-state index contributed by atoms with van der Waals surface area (Å²) in [5.74, 6) is 1.23. The van der Waals surface area contributed by atoms with E-state index >= 15 is 0 Å². The third kappa shape index (κ3) is 6.03. The average Bonchev–Trinajstić information content (AvgIpc) is 3.65. The van der Waals surface area contributed by atoms with E-state index < -0.39 is 5.97 Å². The average molecular weight is 663 g/mol. The van der Waals surface area contributed by atoms with Gasteiger partial charge >= 0.3 is 5.97 Å². The number of hydrogen-bond donors (Lipinski definition) is 1. The number of carboxylic acid groups (broad SMARTS) is 1. The highest BCUT2D eigenvalue weighted by atomic mass is 16.5. The smallest absolute Gasteiger partial charge is 0.335 e. The molecule has 0 radical (unpaired) electrons. The number of ether oxygens (including phenoxy) is 2. The van der Waals surface area contributed by atoms with Crippen molar-refractivity contribution in [1.29, 1.82) is 0 Å². The summed E-state index contributed by atoms with van der Waals surface area (Å²) in [7, 11) is 0. The second-order valence-electron chi connectivity index (χ2n) is 14.0. The van der Waals surface area contributed by atoms with Crippen LogP contribution in [-0.4, -0.2) is 72.3 Å². The quantitative estimate of drug-likeness (QED) is 0.212. The van der Waals surface area contributed by atoms with Crippen LogP contribution in [0.15, 0.2) is 54.6 Å². The normalized spacial score (nSPS) is 18.7. The van der Waals surface area contributed by atoms with Gasteiger partial charge in [-0.2, -0.15) is 0 Å². The maximum absolute atomic E-state index is 12.6. The Hall–Kier alpha value is -4.50. The summed E-state index contributed by atoms with van der Waals surface area (Å²) in [6.07, 6.45) is 7.46. The maximum atomic E-state index is 12.6. The molecular weight excluding hydrogens is 616 g/mol. The zero-order valence-corrected chi connectivity index (χ0v) is 28.5. The first-order valence-corrected chi connectivity index (χ1v) is 18.2. The Balaban J connectivity index is 1.13. The monoisotopic (exact) mass is 662 g/mol. The highest BCUT2D eigenvalue weighted by Gasteiger charge is 2.30. The Bertz CT molecular complexity index is 1890. The van der Waals surface area contributed by atoms with Crippen molar-refractivity contribution >= 4 is 34.2 Å². The van der Waals surface area contributed by atoms with Crippen molar-refractivity contribution in [2.24, 2.45) is 0 Å². The highest BCUT2D eigenvalue weighted by molar-refractivity contribution is 5.99. The molecule has 4 aromatic rings. The number of fused-ring (bicyclic) bond motifs is 5. The zero-order chi connectivity index (χ0) is 33.5. The molecule has 0 spiro atoms. The molecule has 8 rings (SSSR count). The van der Waals surface area contributed by atoms with Gasteiger partial charge in [-0.3, -0.25) is 4.79 Å². The standard InChI is InChI=1S/C40H46N4O5/c1-2-41-17-19-42(20-18-41)34-15-11-30(43-16-6-9-37(43)45)23-29(34)26-49-31-12-14-33-36(25-31)48-22-21-44-35-24-28(40(46)47)10-13-32(35)38(39(33)44)27-7-4-3-5-8-27/h10-15,23-25,27H,2-9,16-22,26H2,1H3,(H,46,47). The number of hydrogen-bond acceptors (Lipinski definition) is 6. The first-order valence-electron chi connectivity index (χ1n) is 18.2. The molecular formula is C40H46N4O5. The van der Waals surface area contributed by atoms with Crippen LogP contribution in [0.25, 0.3) is 22.2 Å². The molecule has 4 aliphatic rings. The van der Waals surface area contributed by atoms with Gasteiger partial charge in [0.05, 0.1) is 17.8 Å². The Kier molecular flexibility index (Phi) is 8.70. The summed E-state index contributed by atoms with van der Waals surface area (Å²) in [4.78, 5) is 31.4. The summed E-state index contributed by atoms with van der Waals surface area (Å²) in [5, 5.41) is 11.0. The minimum atomic E-state index is -0.910. The Labute approximate surface area is 288 Å². The number of amides is 1. The second-order valence-corrected chi connectivity index (χ2v) is 14.0. The minimum absolute atomic E-state index is 0.184. The van der Waals surface area contributed by atoms with E-state index in [9.17, 15) is 14.7 Å². The molecule has 9 heteroatoms. The van der Waals surface area contributed by atoms with E-state index in [2.05, 4.69) is 45.6 Å². The van der Waals surface area contributed by atoms with E-state index in [-0.39, 0.29) is 5.91 Å². The van der Waals surface area contributed by atoms with E-state index in [4.69, 9.17) is 9.47 Å². The second kappa shape index (κ2) is 13.4. The van der Waals surface area contributed by atoms with Crippen molar-refractivity contribution in [2.45, 2.75) is 70.9 Å². The van der Waals surface area contributed by atoms with Crippen LogP contribution in [0.2, 0.25) is 0 Å². The van der Waals surface area contributed by atoms with E-state index in [0.29, 0.717) is 37.7 Å². The van der Waals surface area contributed by atoms with E-state index in [1.54, 1.807) is 6.07 Å². The number of aromatic nitrogens is 1. The van der Waals surface area contributed by atoms with E-state index in [1.165, 1.54) is 30.5 Å². The summed E-state index contributed by atoms with van der Waals surface area (Å²) < 4.78 is 15.3. The molecule has 3 aromatic carbocycles. The van der Waals surface area contributed by atoms with Crippen LogP contribution in [0.4, 0.5) is 11.4 Å². The van der Waals surface area contributed by atoms with Crippen molar-refractivity contribution in [3.05, 3.63) is 71.3 Å². The molecule has 4 heterocycles. The molecule has 0 atom stereocenters. The Morgan fingerprint density at radius 1 is 0.918 bits per heavy atom. The third-order valence-electron chi connectivity index (χ3n) is 11.1. The lowest BCUT2D eigenvalue weighted by Gasteiger charge is -2.36. The summed E-state index contributed by atoms with van der Waals surface area (Å²) in [6.45, 7) is 9.51. The summed E-state index contributed by atoms with van der Waals surface area (Å²) >= 11 is 0. The van der Waals surface area contributed by atoms with Gasteiger partial charge in [-0.05, 0) is 79.8 Å². The maximum Gasteiger partial charge on any atom is 0.335 e. The van der Waals surface area contributed by atoms with Crippen molar-refractivity contribution in [1.82, 2.24) is 9.47 Å². The molecule has 1 N–H and O–H groups in total. The van der Waals surface area contributed by atoms with Crippen molar-refractivity contribution in [3.63, 3.8) is 0 Å². The van der Waals surface area contributed by atoms with Crippen LogP contribution in [0.5, 0.6) is 11.5 Å². The van der Waals surface area contributed by atoms with Crippen LogP contribution in [0.1, 0.15) is 79.3 Å². The van der Waals surface area contributed by atoms with Gasteiger partial charge in [-0.1, -0.05) is 32.3 Å². The molecule has 2 saturated heterocycles. The number of nitrogens with zero attached hydrogens (tertiary/aromatic N) is 4. The number of benzene rings is 3.